The Morgan fingerprint density at radius 2 is 1.79 bits per heavy atom. The lowest BCUT2D eigenvalue weighted by Crippen LogP contribution is -2.36. The van der Waals surface area contributed by atoms with Crippen molar-refractivity contribution in [1.29, 1.82) is 0 Å². The number of rotatable bonds is 5. The summed E-state index contributed by atoms with van der Waals surface area (Å²) in [6.45, 7) is 3.52. The van der Waals surface area contributed by atoms with Gasteiger partial charge in [-0.25, -0.2) is 9.37 Å². The Kier molecular flexibility index (Phi) is 5.87. The molecule has 2 atom stereocenters. The molecule has 3 heterocycles. The van der Waals surface area contributed by atoms with E-state index in [0.29, 0.717) is 17.9 Å². The molecular formula is C28H32FN3O2. The number of aliphatic hydroxyl groups excluding tert-OH is 1. The van der Waals surface area contributed by atoms with E-state index in [2.05, 4.69) is 34.1 Å². The number of halogens is 1. The van der Waals surface area contributed by atoms with E-state index in [1.165, 1.54) is 17.3 Å². The molecule has 0 spiro atoms. The molecule has 2 aliphatic heterocycles. The number of fused-ring (bicyclic) bond motifs is 3. The Balaban J connectivity index is 1.09. The summed E-state index contributed by atoms with van der Waals surface area (Å²) < 4.78 is 22.2. The third-order valence-corrected chi connectivity index (χ3v) is 8.19. The van der Waals surface area contributed by atoms with E-state index in [0.717, 1.165) is 63.2 Å². The number of imidazole rings is 1. The number of anilines is 1. The van der Waals surface area contributed by atoms with Gasteiger partial charge in [0.2, 0.25) is 0 Å². The highest BCUT2D eigenvalue weighted by Crippen LogP contribution is 2.45. The molecule has 6 rings (SSSR count). The number of aliphatic hydroxyl groups is 1. The van der Waals surface area contributed by atoms with Crippen molar-refractivity contribution >= 4 is 5.69 Å². The zero-order chi connectivity index (χ0) is 23.1. The van der Waals surface area contributed by atoms with Crippen LogP contribution in [-0.4, -0.2) is 47.1 Å². The average molecular weight is 462 g/mol. The molecule has 34 heavy (non-hydrogen) atoms. The van der Waals surface area contributed by atoms with E-state index < -0.39 is 6.10 Å². The lowest BCUT2D eigenvalue weighted by molar-refractivity contribution is 0.0650. The van der Waals surface area contributed by atoms with Gasteiger partial charge in [0.1, 0.15) is 5.82 Å². The number of hydrogen-bond acceptors (Lipinski definition) is 4. The Morgan fingerprint density at radius 1 is 1.03 bits per heavy atom. The zero-order valence-electron chi connectivity index (χ0n) is 19.4. The number of aromatic nitrogens is 2. The first-order valence-electron chi connectivity index (χ1n) is 12.6. The van der Waals surface area contributed by atoms with Gasteiger partial charge in [-0.05, 0) is 67.7 Å². The summed E-state index contributed by atoms with van der Waals surface area (Å²) in [6, 6.07) is 14.1. The molecule has 1 aliphatic carbocycles. The van der Waals surface area contributed by atoms with Crippen LogP contribution < -0.4 is 4.90 Å². The van der Waals surface area contributed by atoms with Gasteiger partial charge in [-0.3, -0.25) is 0 Å². The van der Waals surface area contributed by atoms with Gasteiger partial charge in [-0.15, -0.1) is 0 Å². The van der Waals surface area contributed by atoms with Crippen LogP contribution in [0, 0.1) is 11.7 Å². The lowest BCUT2D eigenvalue weighted by atomic mass is 9.75. The Bertz CT molecular complexity index is 1130. The molecule has 0 amide bonds. The quantitative estimate of drug-likeness (QED) is 0.571. The summed E-state index contributed by atoms with van der Waals surface area (Å²) in [5.41, 5.74) is 5.22. The topological polar surface area (TPSA) is 50.5 Å². The first-order chi connectivity index (χ1) is 16.7. The minimum absolute atomic E-state index is 0.186. The highest BCUT2D eigenvalue weighted by molar-refractivity contribution is 5.69. The van der Waals surface area contributed by atoms with Gasteiger partial charge in [-0.1, -0.05) is 24.3 Å². The standard InChI is InChI=1S/C28H32FN3O2/c29-24-3-1-2-23-26-17-30-18-32(26)25(28(23)24)16-27(33)21-6-4-19(5-7-21)20-8-10-22(11-9-20)31-12-14-34-15-13-31/h1-3,8-11,17-19,21,25,27,33H,4-7,12-16H2. The van der Waals surface area contributed by atoms with Crippen LogP contribution in [0.2, 0.25) is 0 Å². The molecule has 2 unspecified atom stereocenters. The van der Waals surface area contributed by atoms with Crippen molar-refractivity contribution in [2.75, 3.05) is 31.2 Å². The van der Waals surface area contributed by atoms with E-state index >= 15 is 0 Å². The zero-order valence-corrected chi connectivity index (χ0v) is 19.4. The molecule has 2 aromatic carbocycles. The van der Waals surface area contributed by atoms with Crippen LogP contribution in [-0.2, 0) is 4.74 Å². The summed E-state index contributed by atoms with van der Waals surface area (Å²) in [4.78, 5) is 6.66. The van der Waals surface area contributed by atoms with Crippen molar-refractivity contribution in [3.8, 4) is 11.3 Å². The monoisotopic (exact) mass is 461 g/mol. The summed E-state index contributed by atoms with van der Waals surface area (Å²) in [7, 11) is 0. The summed E-state index contributed by atoms with van der Waals surface area (Å²) >= 11 is 0. The molecule has 1 saturated heterocycles. The fourth-order valence-corrected chi connectivity index (χ4v) is 6.27. The Labute approximate surface area is 200 Å². The highest BCUT2D eigenvalue weighted by atomic mass is 19.1. The lowest BCUT2D eigenvalue weighted by Gasteiger charge is -2.33. The Morgan fingerprint density at radius 3 is 2.56 bits per heavy atom. The van der Waals surface area contributed by atoms with Crippen LogP contribution in [0.4, 0.5) is 10.1 Å². The molecule has 1 saturated carbocycles. The second kappa shape index (κ2) is 9.16. The molecule has 3 aromatic rings. The van der Waals surface area contributed by atoms with Gasteiger partial charge < -0.3 is 19.3 Å². The van der Waals surface area contributed by atoms with Crippen molar-refractivity contribution in [3.63, 3.8) is 0 Å². The predicted octanol–water partition coefficient (Wildman–Crippen LogP) is 5.15. The molecule has 1 aromatic heterocycles. The number of benzene rings is 2. The van der Waals surface area contributed by atoms with Gasteiger partial charge in [0.05, 0.1) is 43.6 Å². The first kappa shape index (κ1) is 21.8. The van der Waals surface area contributed by atoms with E-state index in [1.54, 1.807) is 18.6 Å². The van der Waals surface area contributed by atoms with Crippen LogP contribution >= 0.6 is 0 Å². The molecular weight excluding hydrogens is 429 g/mol. The number of hydrogen-bond donors (Lipinski definition) is 1. The molecule has 2 fully saturated rings. The third kappa shape index (κ3) is 3.93. The number of ether oxygens (including phenoxy) is 1. The molecule has 6 heteroatoms. The van der Waals surface area contributed by atoms with Crippen LogP contribution in [0.5, 0.6) is 0 Å². The van der Waals surface area contributed by atoms with Crippen molar-refractivity contribution in [2.24, 2.45) is 5.92 Å². The van der Waals surface area contributed by atoms with Crippen molar-refractivity contribution in [3.05, 3.63) is 71.9 Å². The van der Waals surface area contributed by atoms with E-state index in [4.69, 9.17) is 4.74 Å². The maximum atomic E-state index is 14.7. The fraction of sp³-hybridized carbons (Fsp3) is 0.464. The summed E-state index contributed by atoms with van der Waals surface area (Å²) in [6.07, 6.45) is 7.82. The minimum Gasteiger partial charge on any atom is -0.393 e. The second-order valence-electron chi connectivity index (χ2n) is 10.0. The minimum atomic E-state index is -0.449. The van der Waals surface area contributed by atoms with E-state index in [9.17, 15) is 9.50 Å². The highest BCUT2D eigenvalue weighted by Gasteiger charge is 2.35. The predicted molar refractivity (Wildman–Crippen MR) is 131 cm³/mol. The van der Waals surface area contributed by atoms with Gasteiger partial charge in [0.15, 0.2) is 0 Å². The molecule has 1 N–H and O–H groups in total. The number of nitrogens with zero attached hydrogens (tertiary/aromatic N) is 3. The van der Waals surface area contributed by atoms with Crippen molar-refractivity contribution < 1.29 is 14.2 Å². The maximum Gasteiger partial charge on any atom is 0.129 e. The largest absolute Gasteiger partial charge is 0.393 e. The summed E-state index contributed by atoms with van der Waals surface area (Å²) in [5.74, 6) is 0.612. The fourth-order valence-electron chi connectivity index (χ4n) is 6.27. The first-order valence-corrected chi connectivity index (χ1v) is 12.6. The maximum absolute atomic E-state index is 14.7. The van der Waals surface area contributed by atoms with Crippen LogP contribution in [0.25, 0.3) is 11.3 Å². The molecule has 3 aliphatic rings. The molecule has 0 radical (unpaired) electrons. The average Bonchev–Trinajstić information content (AvgIpc) is 3.48. The van der Waals surface area contributed by atoms with Crippen LogP contribution in [0.15, 0.2) is 55.0 Å². The van der Waals surface area contributed by atoms with Crippen molar-refractivity contribution in [2.45, 2.75) is 50.2 Å². The molecule has 178 valence electrons. The molecule has 5 nitrogen and oxygen atoms in total. The van der Waals surface area contributed by atoms with Gasteiger partial charge >= 0.3 is 0 Å². The second-order valence-corrected chi connectivity index (χ2v) is 10.0. The SMILES string of the molecule is OC(CC1c2c(F)cccc2-c2cncn21)C1CCC(c2ccc(N3CCOCC3)cc2)CC1. The van der Waals surface area contributed by atoms with Gasteiger partial charge in [0.25, 0.3) is 0 Å². The van der Waals surface area contributed by atoms with Gasteiger partial charge in [-0.2, -0.15) is 0 Å². The van der Waals surface area contributed by atoms with Crippen LogP contribution in [0.3, 0.4) is 0 Å². The van der Waals surface area contributed by atoms with Crippen LogP contribution in [0.1, 0.15) is 55.2 Å². The van der Waals surface area contributed by atoms with E-state index in [1.807, 2.05) is 10.6 Å². The smallest absolute Gasteiger partial charge is 0.129 e. The van der Waals surface area contributed by atoms with E-state index in [-0.39, 0.29) is 17.8 Å². The third-order valence-electron chi connectivity index (χ3n) is 8.19. The summed E-state index contributed by atoms with van der Waals surface area (Å²) in [5, 5.41) is 11.2. The normalized spacial score (nSPS) is 25.1. The Hall–Kier alpha value is -2.70. The van der Waals surface area contributed by atoms with Crippen molar-refractivity contribution in [1.82, 2.24) is 9.55 Å². The molecule has 0 bridgehead atoms. The van der Waals surface area contributed by atoms with Gasteiger partial charge in [0, 0.05) is 29.9 Å². The number of morpholine rings is 1.